The van der Waals surface area contributed by atoms with E-state index in [0.29, 0.717) is 16.5 Å². The standard InChI is InChI=1S/C22H20F2N4OS/c23-17-8-5-15(6-9-17)7-12-20-25-22(27-26-20)30-14-21(29)28(18-10-11-18)13-16-3-1-2-4-19(16)24/h1-9,12,18H,10-11,13-14H2,(H,25,26,27). The first-order chi connectivity index (χ1) is 14.6. The summed E-state index contributed by atoms with van der Waals surface area (Å²) in [7, 11) is 0. The van der Waals surface area contributed by atoms with Gasteiger partial charge in [0.25, 0.3) is 0 Å². The van der Waals surface area contributed by atoms with E-state index in [0.717, 1.165) is 18.4 Å². The molecule has 5 nitrogen and oxygen atoms in total. The molecule has 1 aliphatic rings. The largest absolute Gasteiger partial charge is 0.335 e. The van der Waals surface area contributed by atoms with Crippen LogP contribution in [0.2, 0.25) is 0 Å². The summed E-state index contributed by atoms with van der Waals surface area (Å²) < 4.78 is 26.9. The second kappa shape index (κ2) is 9.21. The van der Waals surface area contributed by atoms with Crippen molar-refractivity contribution in [3.8, 4) is 0 Å². The predicted molar refractivity (Wildman–Crippen MR) is 112 cm³/mol. The van der Waals surface area contributed by atoms with Gasteiger partial charge in [-0.15, -0.1) is 5.10 Å². The summed E-state index contributed by atoms with van der Waals surface area (Å²) >= 11 is 1.24. The smallest absolute Gasteiger partial charge is 0.233 e. The molecular weight excluding hydrogens is 406 g/mol. The van der Waals surface area contributed by atoms with Crippen molar-refractivity contribution < 1.29 is 13.6 Å². The molecule has 1 heterocycles. The second-order valence-corrected chi connectivity index (χ2v) is 7.96. The predicted octanol–water partition coefficient (Wildman–Crippen LogP) is 4.54. The molecule has 0 aliphatic heterocycles. The number of hydrogen-bond donors (Lipinski definition) is 1. The minimum atomic E-state index is -0.296. The van der Waals surface area contributed by atoms with E-state index in [1.54, 1.807) is 47.4 Å². The highest BCUT2D eigenvalue weighted by atomic mass is 32.2. The summed E-state index contributed by atoms with van der Waals surface area (Å²) in [6.07, 6.45) is 5.43. The van der Waals surface area contributed by atoms with Crippen LogP contribution in [0.4, 0.5) is 8.78 Å². The number of benzene rings is 2. The van der Waals surface area contributed by atoms with Crippen LogP contribution in [0.5, 0.6) is 0 Å². The molecule has 1 saturated carbocycles. The molecule has 4 rings (SSSR count). The van der Waals surface area contributed by atoms with E-state index in [1.165, 1.54) is 30.0 Å². The van der Waals surface area contributed by atoms with Gasteiger partial charge in [0.05, 0.1) is 5.75 Å². The van der Waals surface area contributed by atoms with Gasteiger partial charge in [-0.05, 0) is 42.7 Å². The summed E-state index contributed by atoms with van der Waals surface area (Å²) in [6.45, 7) is 0.274. The number of H-pyrrole nitrogens is 1. The third-order valence-electron chi connectivity index (χ3n) is 4.72. The highest BCUT2D eigenvalue weighted by Crippen LogP contribution is 2.30. The van der Waals surface area contributed by atoms with Crippen LogP contribution >= 0.6 is 11.8 Å². The average Bonchev–Trinajstić information content (AvgIpc) is 3.49. The van der Waals surface area contributed by atoms with Crippen LogP contribution in [0.1, 0.15) is 29.8 Å². The van der Waals surface area contributed by atoms with E-state index in [2.05, 4.69) is 15.2 Å². The second-order valence-electron chi connectivity index (χ2n) is 7.02. The first-order valence-electron chi connectivity index (χ1n) is 9.60. The monoisotopic (exact) mass is 426 g/mol. The quantitative estimate of drug-likeness (QED) is 0.538. The molecular formula is C22H20F2N4OS. The van der Waals surface area contributed by atoms with Gasteiger partial charge in [-0.25, -0.2) is 13.8 Å². The van der Waals surface area contributed by atoms with Gasteiger partial charge in [0.2, 0.25) is 11.1 Å². The van der Waals surface area contributed by atoms with Gasteiger partial charge < -0.3 is 4.90 Å². The minimum absolute atomic E-state index is 0.0565. The molecule has 1 aliphatic carbocycles. The lowest BCUT2D eigenvalue weighted by molar-refractivity contribution is -0.129. The zero-order valence-corrected chi connectivity index (χ0v) is 16.9. The highest BCUT2D eigenvalue weighted by molar-refractivity contribution is 7.99. The van der Waals surface area contributed by atoms with Gasteiger partial charge >= 0.3 is 0 Å². The Balaban J connectivity index is 1.34. The van der Waals surface area contributed by atoms with Crippen LogP contribution in [0, 0.1) is 11.6 Å². The van der Waals surface area contributed by atoms with Gasteiger partial charge in [-0.2, -0.15) is 0 Å². The number of rotatable bonds is 8. The normalized spacial score (nSPS) is 13.7. The van der Waals surface area contributed by atoms with Gasteiger partial charge in [0.1, 0.15) is 17.5 Å². The van der Waals surface area contributed by atoms with Crippen molar-refractivity contribution >= 4 is 29.8 Å². The number of nitrogens with zero attached hydrogens (tertiary/aromatic N) is 3. The molecule has 0 atom stereocenters. The molecule has 0 spiro atoms. The molecule has 0 radical (unpaired) electrons. The molecule has 3 aromatic rings. The Morgan fingerprint density at radius 2 is 1.90 bits per heavy atom. The summed E-state index contributed by atoms with van der Waals surface area (Å²) in [5.41, 5.74) is 1.36. The third-order valence-corrected chi connectivity index (χ3v) is 5.55. The van der Waals surface area contributed by atoms with Gasteiger partial charge in [-0.1, -0.05) is 48.2 Å². The van der Waals surface area contributed by atoms with Crippen LogP contribution in [0.25, 0.3) is 12.2 Å². The number of nitrogens with one attached hydrogen (secondary N) is 1. The van der Waals surface area contributed by atoms with Crippen LogP contribution in [0.15, 0.2) is 53.7 Å². The number of carbonyl (C=O) groups is 1. The minimum Gasteiger partial charge on any atom is -0.335 e. The summed E-state index contributed by atoms with van der Waals surface area (Å²) in [4.78, 5) is 18.8. The summed E-state index contributed by atoms with van der Waals surface area (Å²) in [6, 6.07) is 12.8. The molecule has 1 fully saturated rings. The summed E-state index contributed by atoms with van der Waals surface area (Å²) in [5.74, 6) is 0.0865. The highest BCUT2D eigenvalue weighted by Gasteiger charge is 2.33. The molecule has 154 valence electrons. The maximum absolute atomic E-state index is 14.0. The molecule has 1 amide bonds. The Labute approximate surface area is 177 Å². The molecule has 2 aromatic carbocycles. The van der Waals surface area contributed by atoms with Crippen molar-refractivity contribution in [3.63, 3.8) is 0 Å². The van der Waals surface area contributed by atoms with Crippen LogP contribution in [0.3, 0.4) is 0 Å². The molecule has 0 bridgehead atoms. The van der Waals surface area contributed by atoms with Crippen LogP contribution in [-0.2, 0) is 11.3 Å². The van der Waals surface area contributed by atoms with E-state index < -0.39 is 0 Å². The molecule has 1 aromatic heterocycles. The lowest BCUT2D eigenvalue weighted by Gasteiger charge is -2.22. The molecule has 1 N–H and O–H groups in total. The zero-order chi connectivity index (χ0) is 20.9. The fraction of sp³-hybridized carbons (Fsp3) is 0.227. The number of halogens is 2. The topological polar surface area (TPSA) is 61.9 Å². The Kier molecular flexibility index (Phi) is 6.23. The zero-order valence-electron chi connectivity index (χ0n) is 16.1. The molecule has 0 saturated heterocycles. The fourth-order valence-corrected chi connectivity index (χ4v) is 3.66. The van der Waals surface area contributed by atoms with E-state index in [9.17, 15) is 13.6 Å². The number of aromatic nitrogens is 3. The number of carbonyl (C=O) groups excluding carboxylic acids is 1. The molecule has 8 heteroatoms. The maximum atomic E-state index is 14.0. The number of aromatic amines is 1. The lowest BCUT2D eigenvalue weighted by Crippen LogP contribution is -2.34. The lowest BCUT2D eigenvalue weighted by atomic mass is 10.2. The number of thioether (sulfide) groups is 1. The van der Waals surface area contributed by atoms with Gasteiger partial charge in [-0.3, -0.25) is 9.89 Å². The fourth-order valence-electron chi connectivity index (χ4n) is 2.97. The summed E-state index contributed by atoms with van der Waals surface area (Å²) in [5, 5.41) is 7.38. The Morgan fingerprint density at radius 1 is 1.13 bits per heavy atom. The van der Waals surface area contributed by atoms with E-state index >= 15 is 0 Å². The Morgan fingerprint density at radius 3 is 2.63 bits per heavy atom. The van der Waals surface area contributed by atoms with E-state index in [-0.39, 0.29) is 35.9 Å². The van der Waals surface area contributed by atoms with E-state index in [1.807, 2.05) is 0 Å². The molecule has 0 unspecified atom stereocenters. The maximum Gasteiger partial charge on any atom is 0.233 e. The van der Waals surface area contributed by atoms with Gasteiger partial charge in [0, 0.05) is 18.2 Å². The van der Waals surface area contributed by atoms with Crippen molar-refractivity contribution in [2.24, 2.45) is 0 Å². The molecule has 30 heavy (non-hydrogen) atoms. The number of hydrogen-bond acceptors (Lipinski definition) is 4. The average molecular weight is 426 g/mol. The van der Waals surface area contributed by atoms with E-state index in [4.69, 9.17) is 0 Å². The third kappa shape index (κ3) is 5.33. The Bertz CT molecular complexity index is 1050. The first kappa shape index (κ1) is 20.3. The van der Waals surface area contributed by atoms with Crippen molar-refractivity contribution in [2.45, 2.75) is 30.6 Å². The Hall–Kier alpha value is -3.00. The van der Waals surface area contributed by atoms with Crippen molar-refractivity contribution in [2.75, 3.05) is 5.75 Å². The number of amides is 1. The SMILES string of the molecule is O=C(CSc1n[nH]c(C=Cc2ccc(F)cc2)n1)N(Cc1ccccc1F)C1CC1. The van der Waals surface area contributed by atoms with Crippen LogP contribution in [-0.4, -0.2) is 37.8 Å². The van der Waals surface area contributed by atoms with Crippen molar-refractivity contribution in [1.29, 1.82) is 0 Å². The first-order valence-corrected chi connectivity index (χ1v) is 10.6. The van der Waals surface area contributed by atoms with Crippen molar-refractivity contribution in [1.82, 2.24) is 20.1 Å². The van der Waals surface area contributed by atoms with Gasteiger partial charge in [0.15, 0.2) is 0 Å². The van der Waals surface area contributed by atoms with Crippen molar-refractivity contribution in [3.05, 3.63) is 77.1 Å². The van der Waals surface area contributed by atoms with Crippen LogP contribution < -0.4 is 0 Å².